The molecule has 162 valence electrons. The van der Waals surface area contributed by atoms with E-state index in [-0.39, 0.29) is 18.4 Å². The first-order chi connectivity index (χ1) is 14.9. The van der Waals surface area contributed by atoms with Gasteiger partial charge < -0.3 is 14.5 Å². The van der Waals surface area contributed by atoms with Crippen molar-refractivity contribution in [3.05, 3.63) is 65.5 Å². The number of carbonyl (C=O) groups is 3. The Kier molecular flexibility index (Phi) is 6.02. The van der Waals surface area contributed by atoms with Crippen molar-refractivity contribution >= 4 is 23.5 Å². The van der Waals surface area contributed by atoms with Crippen molar-refractivity contribution < 1.29 is 23.5 Å². The summed E-state index contributed by atoms with van der Waals surface area (Å²) < 4.78 is 18.6. The van der Waals surface area contributed by atoms with Crippen LogP contribution in [0, 0.1) is 11.7 Å². The molecule has 0 saturated carbocycles. The molecule has 0 bridgehead atoms. The van der Waals surface area contributed by atoms with E-state index in [1.807, 2.05) is 24.3 Å². The fourth-order valence-electron chi connectivity index (χ4n) is 4.24. The smallest absolute Gasteiger partial charge is 0.311 e. The Labute approximate surface area is 180 Å². The molecule has 0 spiro atoms. The maximum absolute atomic E-state index is 13.1. The van der Waals surface area contributed by atoms with E-state index in [4.69, 9.17) is 4.74 Å². The van der Waals surface area contributed by atoms with E-state index in [9.17, 15) is 18.8 Å². The van der Waals surface area contributed by atoms with Gasteiger partial charge in [0.15, 0.2) is 6.10 Å². The van der Waals surface area contributed by atoms with Crippen molar-refractivity contribution in [1.29, 1.82) is 0 Å². The molecule has 0 aliphatic carbocycles. The van der Waals surface area contributed by atoms with Gasteiger partial charge in [-0.25, -0.2) is 4.39 Å². The van der Waals surface area contributed by atoms with Crippen LogP contribution >= 0.6 is 0 Å². The maximum atomic E-state index is 13.1. The highest BCUT2D eigenvalue weighted by Crippen LogP contribution is 2.28. The molecule has 0 unspecified atom stereocenters. The number of esters is 1. The second-order valence-electron chi connectivity index (χ2n) is 8.04. The molecule has 2 aliphatic heterocycles. The number of ether oxygens (including phenoxy) is 1. The summed E-state index contributed by atoms with van der Waals surface area (Å²) in [6, 6.07) is 13.1. The van der Waals surface area contributed by atoms with Crippen LogP contribution in [0.4, 0.5) is 10.1 Å². The maximum Gasteiger partial charge on any atom is 0.311 e. The van der Waals surface area contributed by atoms with Crippen molar-refractivity contribution in [2.45, 2.75) is 32.3 Å². The third-order valence-corrected chi connectivity index (χ3v) is 5.93. The summed E-state index contributed by atoms with van der Waals surface area (Å²) in [5.74, 6) is -1.84. The van der Waals surface area contributed by atoms with E-state index in [1.54, 1.807) is 16.7 Å². The van der Waals surface area contributed by atoms with E-state index in [1.165, 1.54) is 24.3 Å². The minimum Gasteiger partial charge on any atom is -0.452 e. The highest BCUT2D eigenvalue weighted by atomic mass is 19.1. The molecule has 0 radical (unpaired) electrons. The summed E-state index contributed by atoms with van der Waals surface area (Å²) in [4.78, 5) is 41.6. The molecular formula is C24H25FN2O4. The number of likely N-dealkylation sites (tertiary alicyclic amines) is 1. The first-order valence-electron chi connectivity index (χ1n) is 10.6. The number of piperidine rings is 1. The Morgan fingerprint density at radius 2 is 1.81 bits per heavy atom. The average Bonchev–Trinajstić information content (AvgIpc) is 3.22. The van der Waals surface area contributed by atoms with Gasteiger partial charge in [0, 0.05) is 30.9 Å². The molecule has 4 rings (SSSR count). The van der Waals surface area contributed by atoms with Crippen LogP contribution in [0.1, 0.15) is 35.7 Å². The third-order valence-electron chi connectivity index (χ3n) is 5.93. The fourth-order valence-corrected chi connectivity index (χ4v) is 4.24. The standard InChI is InChI=1S/C24H25FN2O4/c1-16(22(28)27-14-12-17-5-2-3-7-21(17)27)31-24(30)19-6-4-13-26(15-19)23(29)18-8-10-20(25)11-9-18/h2-3,5,7-11,16,19H,4,6,12-15H2,1H3/t16-,19+/m0/s1. The quantitative estimate of drug-likeness (QED) is 0.707. The molecule has 2 atom stereocenters. The van der Waals surface area contributed by atoms with E-state index in [0.29, 0.717) is 31.5 Å². The Balaban J connectivity index is 1.36. The number of nitrogens with zero attached hydrogens (tertiary/aromatic N) is 2. The number of amides is 2. The number of benzene rings is 2. The summed E-state index contributed by atoms with van der Waals surface area (Å²) in [7, 11) is 0. The summed E-state index contributed by atoms with van der Waals surface area (Å²) >= 11 is 0. The largest absolute Gasteiger partial charge is 0.452 e. The minimum absolute atomic E-state index is 0.225. The number of hydrogen-bond acceptors (Lipinski definition) is 4. The van der Waals surface area contributed by atoms with Crippen molar-refractivity contribution in [3.8, 4) is 0 Å². The summed E-state index contributed by atoms with van der Waals surface area (Å²) in [5.41, 5.74) is 2.35. The van der Waals surface area contributed by atoms with Gasteiger partial charge in [0.05, 0.1) is 5.92 Å². The summed E-state index contributed by atoms with van der Waals surface area (Å²) in [6.07, 6.45) is 1.14. The van der Waals surface area contributed by atoms with Gasteiger partial charge in [0.25, 0.3) is 11.8 Å². The lowest BCUT2D eigenvalue weighted by molar-refractivity contribution is -0.159. The molecule has 2 aliphatic rings. The van der Waals surface area contributed by atoms with E-state index >= 15 is 0 Å². The molecule has 1 saturated heterocycles. The molecule has 2 aromatic carbocycles. The van der Waals surface area contributed by atoms with Crippen LogP contribution < -0.4 is 4.90 Å². The highest BCUT2D eigenvalue weighted by Gasteiger charge is 2.34. The molecule has 2 aromatic rings. The number of carbonyl (C=O) groups excluding carboxylic acids is 3. The van der Waals surface area contributed by atoms with Gasteiger partial charge in [-0.3, -0.25) is 14.4 Å². The van der Waals surface area contributed by atoms with Crippen molar-refractivity contribution in [3.63, 3.8) is 0 Å². The third kappa shape index (κ3) is 4.45. The van der Waals surface area contributed by atoms with Crippen molar-refractivity contribution in [2.75, 3.05) is 24.5 Å². The first-order valence-corrected chi connectivity index (χ1v) is 10.6. The predicted molar refractivity (Wildman–Crippen MR) is 113 cm³/mol. The molecular weight excluding hydrogens is 399 g/mol. The van der Waals surface area contributed by atoms with Crippen LogP contribution in [0.5, 0.6) is 0 Å². The lowest BCUT2D eigenvalue weighted by atomic mass is 9.97. The molecule has 1 fully saturated rings. The molecule has 31 heavy (non-hydrogen) atoms. The molecule has 2 heterocycles. The number of hydrogen-bond donors (Lipinski definition) is 0. The summed E-state index contributed by atoms with van der Waals surface area (Å²) in [6.45, 7) is 2.91. The van der Waals surface area contributed by atoms with Gasteiger partial charge in [0.1, 0.15) is 5.82 Å². The Hall–Kier alpha value is -3.22. The van der Waals surface area contributed by atoms with Gasteiger partial charge in [0.2, 0.25) is 0 Å². The van der Waals surface area contributed by atoms with Gasteiger partial charge in [-0.05, 0) is 62.1 Å². The van der Waals surface area contributed by atoms with Gasteiger partial charge in [-0.2, -0.15) is 0 Å². The second-order valence-corrected chi connectivity index (χ2v) is 8.04. The minimum atomic E-state index is -0.901. The Morgan fingerprint density at radius 3 is 2.58 bits per heavy atom. The zero-order valence-corrected chi connectivity index (χ0v) is 17.4. The number of anilines is 1. The predicted octanol–water partition coefficient (Wildman–Crippen LogP) is 3.20. The molecule has 0 N–H and O–H groups in total. The Bertz CT molecular complexity index is 991. The number of halogens is 1. The van der Waals surface area contributed by atoms with E-state index in [0.717, 1.165) is 17.7 Å². The van der Waals surface area contributed by atoms with E-state index in [2.05, 4.69) is 0 Å². The Morgan fingerprint density at radius 1 is 1.06 bits per heavy atom. The van der Waals surface area contributed by atoms with Crippen LogP contribution in [-0.4, -0.2) is 48.4 Å². The van der Waals surface area contributed by atoms with Crippen molar-refractivity contribution in [2.24, 2.45) is 5.92 Å². The van der Waals surface area contributed by atoms with Crippen LogP contribution in [0.3, 0.4) is 0 Å². The fraction of sp³-hybridized carbons (Fsp3) is 0.375. The SMILES string of the molecule is C[C@H](OC(=O)[C@@H]1CCCN(C(=O)c2ccc(F)cc2)C1)C(=O)N1CCc2ccccc21. The highest BCUT2D eigenvalue weighted by molar-refractivity contribution is 5.99. The molecule has 7 heteroatoms. The first kappa shape index (κ1) is 21.0. The zero-order chi connectivity index (χ0) is 22.0. The number of para-hydroxylation sites is 1. The van der Waals surface area contributed by atoms with Gasteiger partial charge in [-0.15, -0.1) is 0 Å². The zero-order valence-electron chi connectivity index (χ0n) is 17.4. The summed E-state index contributed by atoms with van der Waals surface area (Å²) in [5, 5.41) is 0. The van der Waals surface area contributed by atoms with E-state index < -0.39 is 23.8 Å². The van der Waals surface area contributed by atoms with Crippen LogP contribution in [0.15, 0.2) is 48.5 Å². The second kappa shape index (κ2) is 8.88. The molecule has 0 aromatic heterocycles. The van der Waals surface area contributed by atoms with Crippen LogP contribution in [-0.2, 0) is 20.7 Å². The lowest BCUT2D eigenvalue weighted by Gasteiger charge is -2.32. The monoisotopic (exact) mass is 424 g/mol. The normalized spacial score (nSPS) is 19.0. The van der Waals surface area contributed by atoms with Gasteiger partial charge in [-0.1, -0.05) is 18.2 Å². The molecule has 6 nitrogen and oxygen atoms in total. The van der Waals surface area contributed by atoms with Crippen LogP contribution in [0.25, 0.3) is 0 Å². The lowest BCUT2D eigenvalue weighted by Crippen LogP contribution is -2.45. The number of fused-ring (bicyclic) bond motifs is 1. The average molecular weight is 424 g/mol. The van der Waals surface area contributed by atoms with Gasteiger partial charge >= 0.3 is 5.97 Å². The van der Waals surface area contributed by atoms with Crippen molar-refractivity contribution in [1.82, 2.24) is 4.90 Å². The molecule has 2 amide bonds. The van der Waals surface area contributed by atoms with Crippen LogP contribution in [0.2, 0.25) is 0 Å². The number of rotatable bonds is 4. The topological polar surface area (TPSA) is 66.9 Å².